The lowest BCUT2D eigenvalue weighted by atomic mass is 9.98. The quantitative estimate of drug-likeness (QED) is 0.258. The van der Waals surface area contributed by atoms with Crippen LogP contribution in [0.25, 0.3) is 0 Å². The van der Waals surface area contributed by atoms with Crippen LogP contribution in [0.1, 0.15) is 113 Å². The van der Waals surface area contributed by atoms with Crippen LogP contribution in [-0.4, -0.2) is 29.1 Å². The van der Waals surface area contributed by atoms with E-state index in [1.165, 1.54) is 83.5 Å². The van der Waals surface area contributed by atoms with Crippen molar-refractivity contribution >= 4 is 11.8 Å². The maximum Gasteiger partial charge on any atom is 0.339 e. The Labute approximate surface area is 181 Å². The zero-order chi connectivity index (χ0) is 22.2. The van der Waals surface area contributed by atoms with Gasteiger partial charge in [0, 0.05) is 18.9 Å². The van der Waals surface area contributed by atoms with Gasteiger partial charge in [0.2, 0.25) is 0 Å². The van der Waals surface area contributed by atoms with Crippen LogP contribution in [0.3, 0.4) is 0 Å². The second kappa shape index (κ2) is 15.8. The Hall–Kier alpha value is -2.04. The number of hydrogen-bond acceptors (Lipinski definition) is 4. The average Bonchev–Trinajstić information content (AvgIpc) is 2.70. The second-order valence-electron chi connectivity index (χ2n) is 8.19. The van der Waals surface area contributed by atoms with Gasteiger partial charge >= 0.3 is 5.97 Å². The van der Waals surface area contributed by atoms with E-state index in [9.17, 15) is 19.8 Å². The molecule has 0 aliphatic rings. The van der Waals surface area contributed by atoms with Gasteiger partial charge in [0.05, 0.1) is 7.11 Å². The van der Waals surface area contributed by atoms with Gasteiger partial charge in [-0.25, -0.2) is 4.79 Å². The molecule has 0 aliphatic carbocycles. The van der Waals surface area contributed by atoms with Crippen LogP contribution in [-0.2, 0) is 11.2 Å². The summed E-state index contributed by atoms with van der Waals surface area (Å²) >= 11 is 0. The molecule has 5 heteroatoms. The first-order valence-corrected chi connectivity index (χ1v) is 11.6. The minimum Gasteiger partial charge on any atom is -0.507 e. The molecule has 5 nitrogen and oxygen atoms in total. The van der Waals surface area contributed by atoms with Crippen molar-refractivity contribution in [2.75, 3.05) is 7.11 Å². The summed E-state index contributed by atoms with van der Waals surface area (Å²) < 4.78 is 5.07. The third kappa shape index (κ3) is 10.7. The molecule has 2 N–H and O–H groups in total. The zero-order valence-electron chi connectivity index (χ0n) is 18.9. The van der Waals surface area contributed by atoms with E-state index < -0.39 is 5.97 Å². The monoisotopic (exact) mass is 420 g/mol. The highest BCUT2D eigenvalue weighted by Crippen LogP contribution is 2.28. The van der Waals surface area contributed by atoms with Crippen LogP contribution in [0.5, 0.6) is 11.5 Å². The van der Waals surface area contributed by atoms with E-state index in [0.717, 1.165) is 19.3 Å². The van der Waals surface area contributed by atoms with E-state index in [4.69, 9.17) is 4.74 Å². The van der Waals surface area contributed by atoms with Gasteiger partial charge in [-0.05, 0) is 18.1 Å². The number of hydrogen-bond donors (Lipinski definition) is 2. The number of methoxy groups -OCH3 is 1. The van der Waals surface area contributed by atoms with Crippen molar-refractivity contribution in [3.63, 3.8) is 0 Å². The van der Waals surface area contributed by atoms with Crippen LogP contribution in [0, 0.1) is 0 Å². The summed E-state index contributed by atoms with van der Waals surface area (Å²) in [5, 5.41) is 19.2. The molecule has 0 aromatic heterocycles. The molecule has 0 saturated carbocycles. The molecule has 1 rings (SSSR count). The van der Waals surface area contributed by atoms with E-state index >= 15 is 0 Å². The molecule has 170 valence electrons. The first-order valence-electron chi connectivity index (χ1n) is 11.6. The predicted molar refractivity (Wildman–Crippen MR) is 121 cm³/mol. The van der Waals surface area contributed by atoms with Crippen molar-refractivity contribution in [2.45, 2.75) is 103 Å². The fourth-order valence-corrected chi connectivity index (χ4v) is 3.80. The lowest BCUT2D eigenvalue weighted by Crippen LogP contribution is -2.09. The number of rotatable bonds is 18. The highest BCUT2D eigenvalue weighted by atomic mass is 16.5. The SMILES string of the molecule is CCCCCCCCCCCCCCCC(=O)Cc1cc(OC)cc(O)c1C(=O)O. The van der Waals surface area contributed by atoms with Crippen molar-refractivity contribution in [3.05, 3.63) is 23.3 Å². The standard InChI is InChI=1S/C25H40O5/c1-3-4-5-6-7-8-9-10-11-12-13-14-15-16-21(26)17-20-18-22(30-2)19-23(27)24(20)25(28)29/h18-19,27H,3-17H2,1-2H3,(H,28,29). The van der Waals surface area contributed by atoms with Crippen molar-refractivity contribution in [1.82, 2.24) is 0 Å². The number of carbonyl (C=O) groups is 2. The van der Waals surface area contributed by atoms with Crippen molar-refractivity contribution in [3.8, 4) is 11.5 Å². The number of unbranched alkanes of at least 4 members (excludes halogenated alkanes) is 12. The normalized spacial score (nSPS) is 10.9. The lowest BCUT2D eigenvalue weighted by Gasteiger charge is -2.10. The Morgan fingerprint density at radius 3 is 1.80 bits per heavy atom. The second-order valence-corrected chi connectivity index (χ2v) is 8.19. The summed E-state index contributed by atoms with van der Waals surface area (Å²) in [4.78, 5) is 23.7. The predicted octanol–water partition coefficient (Wildman–Crippen LogP) is 6.69. The third-order valence-corrected chi connectivity index (χ3v) is 5.57. The van der Waals surface area contributed by atoms with Crippen LogP contribution in [0.2, 0.25) is 0 Å². The Morgan fingerprint density at radius 1 is 0.833 bits per heavy atom. The van der Waals surface area contributed by atoms with Gasteiger partial charge in [0.25, 0.3) is 0 Å². The number of Topliss-reactive ketones (excluding diaryl/α,β-unsaturated/α-hetero) is 1. The van der Waals surface area contributed by atoms with E-state index in [-0.39, 0.29) is 23.5 Å². The number of aromatic carboxylic acids is 1. The smallest absolute Gasteiger partial charge is 0.339 e. The molecule has 0 aliphatic heterocycles. The van der Waals surface area contributed by atoms with Gasteiger partial charge in [-0.15, -0.1) is 0 Å². The molecule has 0 saturated heterocycles. The minimum atomic E-state index is -1.24. The molecule has 1 aromatic carbocycles. The average molecular weight is 421 g/mol. The first kappa shape index (κ1) is 26.0. The topological polar surface area (TPSA) is 83.8 Å². The molecule has 0 bridgehead atoms. The van der Waals surface area contributed by atoms with Crippen LogP contribution >= 0.6 is 0 Å². The zero-order valence-corrected chi connectivity index (χ0v) is 18.9. The summed E-state index contributed by atoms with van der Waals surface area (Å²) in [5.41, 5.74) is 0.0913. The molecule has 0 unspecified atom stereocenters. The van der Waals surface area contributed by atoms with Crippen molar-refractivity contribution < 1.29 is 24.5 Å². The number of aromatic hydroxyl groups is 1. The van der Waals surface area contributed by atoms with Crippen molar-refractivity contribution in [1.29, 1.82) is 0 Å². The van der Waals surface area contributed by atoms with Gasteiger partial charge in [0.1, 0.15) is 22.8 Å². The first-order chi connectivity index (χ1) is 14.5. The number of carbonyl (C=O) groups excluding carboxylic acids is 1. The Morgan fingerprint density at radius 2 is 1.33 bits per heavy atom. The fraction of sp³-hybridized carbons (Fsp3) is 0.680. The number of carboxylic acid groups (broad SMARTS) is 1. The van der Waals surface area contributed by atoms with E-state index in [1.54, 1.807) is 0 Å². The van der Waals surface area contributed by atoms with Gasteiger partial charge in [-0.3, -0.25) is 4.79 Å². The molecule has 0 amide bonds. The summed E-state index contributed by atoms with van der Waals surface area (Å²) in [5.74, 6) is -1.26. The number of ether oxygens (including phenoxy) is 1. The molecule has 0 atom stereocenters. The molecule has 0 fully saturated rings. The summed E-state index contributed by atoms with van der Waals surface area (Å²) in [6.07, 6.45) is 16.7. The number of ketones is 1. The van der Waals surface area contributed by atoms with Crippen molar-refractivity contribution in [2.24, 2.45) is 0 Å². The van der Waals surface area contributed by atoms with Crippen LogP contribution in [0.4, 0.5) is 0 Å². The summed E-state index contributed by atoms with van der Waals surface area (Å²) in [6, 6.07) is 2.77. The number of benzene rings is 1. The number of phenols is 1. The highest BCUT2D eigenvalue weighted by Gasteiger charge is 2.19. The van der Waals surface area contributed by atoms with Gasteiger partial charge < -0.3 is 14.9 Å². The summed E-state index contributed by atoms with van der Waals surface area (Å²) in [7, 11) is 1.44. The fourth-order valence-electron chi connectivity index (χ4n) is 3.80. The van der Waals surface area contributed by atoms with Crippen LogP contribution < -0.4 is 4.74 Å². The third-order valence-electron chi connectivity index (χ3n) is 5.57. The van der Waals surface area contributed by atoms with E-state index in [0.29, 0.717) is 17.7 Å². The van der Waals surface area contributed by atoms with Gasteiger partial charge in [-0.1, -0.05) is 84.0 Å². The molecular weight excluding hydrogens is 380 g/mol. The molecule has 0 radical (unpaired) electrons. The number of carboxylic acids is 1. The largest absolute Gasteiger partial charge is 0.507 e. The van der Waals surface area contributed by atoms with E-state index in [2.05, 4.69) is 6.92 Å². The molecule has 0 heterocycles. The maximum absolute atomic E-state index is 12.3. The Kier molecular flexibility index (Phi) is 13.7. The van der Waals surface area contributed by atoms with E-state index in [1.807, 2.05) is 0 Å². The van der Waals surface area contributed by atoms with Gasteiger partial charge in [0.15, 0.2) is 0 Å². The summed E-state index contributed by atoms with van der Waals surface area (Å²) in [6.45, 7) is 2.25. The van der Waals surface area contributed by atoms with Crippen LogP contribution in [0.15, 0.2) is 12.1 Å². The molecule has 0 spiro atoms. The molecule has 1 aromatic rings. The maximum atomic E-state index is 12.3. The molecular formula is C25H40O5. The highest BCUT2D eigenvalue weighted by molar-refractivity contribution is 5.95. The molecule has 30 heavy (non-hydrogen) atoms. The minimum absolute atomic E-state index is 0.00461. The van der Waals surface area contributed by atoms with Gasteiger partial charge in [-0.2, -0.15) is 0 Å². The Bertz CT molecular complexity index is 639. The Balaban J connectivity index is 2.17. The lowest BCUT2D eigenvalue weighted by molar-refractivity contribution is -0.118.